The Morgan fingerprint density at radius 1 is 1.30 bits per heavy atom. The van der Waals surface area contributed by atoms with Crippen molar-refractivity contribution in [2.45, 2.75) is 33.2 Å². The first kappa shape index (κ1) is 14.2. The van der Waals surface area contributed by atoms with Gasteiger partial charge in [0.2, 0.25) is 0 Å². The van der Waals surface area contributed by atoms with Gasteiger partial charge in [-0.2, -0.15) is 0 Å². The molecule has 0 saturated carbocycles. The Bertz CT molecular complexity index is 634. The zero-order valence-corrected chi connectivity index (χ0v) is 12.2. The predicted molar refractivity (Wildman–Crippen MR) is 72.1 cm³/mol. The van der Waals surface area contributed by atoms with Crippen molar-refractivity contribution in [2.75, 3.05) is 12.4 Å². The maximum absolute atomic E-state index is 11.9. The number of hydrogen-bond donors (Lipinski definition) is 1. The van der Waals surface area contributed by atoms with Gasteiger partial charge >= 0.3 is 5.97 Å². The van der Waals surface area contributed by atoms with Crippen molar-refractivity contribution in [3.63, 3.8) is 0 Å². The van der Waals surface area contributed by atoms with E-state index in [1.165, 1.54) is 11.7 Å². The number of ether oxygens (including phenoxy) is 1. The van der Waals surface area contributed by atoms with E-state index < -0.39 is 11.0 Å². The van der Waals surface area contributed by atoms with Crippen LogP contribution < -0.4 is 5.32 Å². The fraction of sp³-hybridized carbons (Fsp3) is 0.583. The topological polar surface area (TPSA) is 94.3 Å². The molecule has 0 fully saturated rings. The molecule has 0 aliphatic rings. The van der Waals surface area contributed by atoms with Gasteiger partial charge < -0.3 is 10.1 Å². The van der Waals surface area contributed by atoms with E-state index in [2.05, 4.69) is 25.9 Å². The first-order chi connectivity index (χ1) is 9.28. The van der Waals surface area contributed by atoms with E-state index in [-0.39, 0.29) is 5.97 Å². The summed E-state index contributed by atoms with van der Waals surface area (Å²) in [5.41, 5.74) is -0.756. The molecule has 0 aliphatic heterocycles. The molecule has 0 aromatic carbocycles. The number of aromatic nitrogens is 5. The van der Waals surface area contributed by atoms with Crippen molar-refractivity contribution in [3.8, 4) is 0 Å². The minimum absolute atomic E-state index is 0.293. The molecule has 0 bridgehead atoms. The van der Waals surface area contributed by atoms with Gasteiger partial charge in [0.1, 0.15) is 5.82 Å². The van der Waals surface area contributed by atoms with Gasteiger partial charge in [-0.25, -0.2) is 0 Å². The molecule has 0 spiro atoms. The van der Waals surface area contributed by atoms with Gasteiger partial charge in [0, 0.05) is 5.54 Å². The maximum atomic E-state index is 11.9. The lowest BCUT2D eigenvalue weighted by atomic mass is 9.74. The van der Waals surface area contributed by atoms with Crippen LogP contribution in [0.4, 0.5) is 5.82 Å². The zero-order valence-electron chi connectivity index (χ0n) is 12.2. The van der Waals surface area contributed by atoms with Crippen LogP contribution in [0.15, 0.2) is 12.1 Å². The van der Waals surface area contributed by atoms with Crippen molar-refractivity contribution in [1.29, 1.82) is 0 Å². The van der Waals surface area contributed by atoms with E-state index in [1.807, 2.05) is 27.7 Å². The molecular weight excluding hydrogens is 260 g/mol. The first-order valence-electron chi connectivity index (χ1n) is 6.20. The highest BCUT2D eigenvalue weighted by molar-refractivity contribution is 5.78. The van der Waals surface area contributed by atoms with Gasteiger partial charge in [0.15, 0.2) is 5.65 Å². The third-order valence-electron chi connectivity index (χ3n) is 3.77. The number of anilines is 1. The summed E-state index contributed by atoms with van der Waals surface area (Å²) in [4.78, 5) is 11.9. The Morgan fingerprint density at radius 2 is 2.00 bits per heavy atom. The molecule has 0 unspecified atom stereocenters. The number of esters is 1. The molecule has 2 aromatic heterocycles. The van der Waals surface area contributed by atoms with Gasteiger partial charge in [-0.15, -0.1) is 14.8 Å². The van der Waals surface area contributed by atoms with Crippen LogP contribution in [0, 0.1) is 5.41 Å². The summed E-state index contributed by atoms with van der Waals surface area (Å²) in [5.74, 6) is 0.283. The minimum atomic E-state index is -0.737. The molecule has 0 aliphatic carbocycles. The van der Waals surface area contributed by atoms with E-state index >= 15 is 0 Å². The first-order valence-corrected chi connectivity index (χ1v) is 6.20. The maximum Gasteiger partial charge on any atom is 0.313 e. The van der Waals surface area contributed by atoms with E-state index in [0.29, 0.717) is 11.5 Å². The van der Waals surface area contributed by atoms with Crippen LogP contribution in [0.25, 0.3) is 5.65 Å². The van der Waals surface area contributed by atoms with Crippen molar-refractivity contribution < 1.29 is 9.53 Å². The number of methoxy groups -OCH3 is 1. The third kappa shape index (κ3) is 2.28. The molecule has 2 heterocycles. The third-order valence-corrected chi connectivity index (χ3v) is 3.77. The fourth-order valence-electron chi connectivity index (χ4n) is 1.70. The second-order valence-corrected chi connectivity index (χ2v) is 5.61. The summed E-state index contributed by atoms with van der Waals surface area (Å²) in [6.07, 6.45) is 0. The van der Waals surface area contributed by atoms with Gasteiger partial charge in [-0.3, -0.25) is 4.79 Å². The Hall–Kier alpha value is -2.25. The molecule has 8 heteroatoms. The van der Waals surface area contributed by atoms with Crippen LogP contribution in [-0.2, 0) is 9.53 Å². The van der Waals surface area contributed by atoms with Crippen LogP contribution in [-0.4, -0.2) is 43.9 Å². The fourth-order valence-corrected chi connectivity index (χ4v) is 1.70. The lowest BCUT2D eigenvalue weighted by Crippen LogP contribution is -2.51. The molecule has 0 saturated heterocycles. The van der Waals surface area contributed by atoms with Crippen molar-refractivity contribution in [2.24, 2.45) is 5.41 Å². The molecule has 8 nitrogen and oxygen atoms in total. The van der Waals surface area contributed by atoms with E-state index in [0.717, 1.165) is 0 Å². The number of nitrogens with zero attached hydrogens (tertiary/aromatic N) is 5. The number of tetrazole rings is 1. The standard InChI is InChI=1S/C12H18N6O2/c1-11(2,10(19)20-5)12(3,4)13-8-6-7-9-14-16-17-18(9)15-8/h6-7H,1-5H3,(H,13,15). The summed E-state index contributed by atoms with van der Waals surface area (Å²) in [7, 11) is 1.38. The Labute approximate surface area is 116 Å². The number of rotatable bonds is 4. The highest BCUT2D eigenvalue weighted by Crippen LogP contribution is 2.34. The molecule has 0 amide bonds. The van der Waals surface area contributed by atoms with Gasteiger partial charge in [0.25, 0.3) is 0 Å². The molecule has 0 radical (unpaired) electrons. The number of hydrogen-bond acceptors (Lipinski definition) is 7. The number of carbonyl (C=O) groups is 1. The van der Waals surface area contributed by atoms with Gasteiger partial charge in [-0.05, 0) is 50.3 Å². The highest BCUT2D eigenvalue weighted by atomic mass is 16.5. The molecule has 1 N–H and O–H groups in total. The zero-order chi connectivity index (χ0) is 15.0. The van der Waals surface area contributed by atoms with E-state index in [9.17, 15) is 4.79 Å². The van der Waals surface area contributed by atoms with Gasteiger partial charge in [-0.1, -0.05) is 0 Å². The summed E-state index contributed by atoms with van der Waals surface area (Å²) in [5, 5.41) is 18.5. The summed E-state index contributed by atoms with van der Waals surface area (Å²) >= 11 is 0. The van der Waals surface area contributed by atoms with Crippen LogP contribution in [0.5, 0.6) is 0 Å². The Kier molecular flexibility index (Phi) is 3.33. The minimum Gasteiger partial charge on any atom is -0.469 e. The molecule has 108 valence electrons. The molecule has 0 atom stereocenters. The van der Waals surface area contributed by atoms with Crippen molar-refractivity contribution >= 4 is 17.4 Å². The average Bonchev–Trinajstić information content (AvgIpc) is 2.84. The monoisotopic (exact) mass is 278 g/mol. The van der Waals surface area contributed by atoms with Crippen LogP contribution in [0.1, 0.15) is 27.7 Å². The summed E-state index contributed by atoms with van der Waals surface area (Å²) in [6, 6.07) is 3.51. The molecular formula is C12H18N6O2. The lowest BCUT2D eigenvalue weighted by molar-refractivity contribution is -0.153. The molecule has 2 rings (SSSR count). The largest absolute Gasteiger partial charge is 0.469 e. The van der Waals surface area contributed by atoms with E-state index in [4.69, 9.17) is 4.74 Å². The van der Waals surface area contributed by atoms with Gasteiger partial charge in [0.05, 0.1) is 12.5 Å². The highest BCUT2D eigenvalue weighted by Gasteiger charge is 2.44. The Balaban J connectivity index is 2.28. The average molecular weight is 278 g/mol. The van der Waals surface area contributed by atoms with Crippen LogP contribution >= 0.6 is 0 Å². The summed E-state index contributed by atoms with van der Waals surface area (Å²) < 4.78 is 6.18. The number of nitrogens with one attached hydrogen (secondary N) is 1. The number of carbonyl (C=O) groups excluding carboxylic acids is 1. The van der Waals surface area contributed by atoms with Crippen molar-refractivity contribution in [3.05, 3.63) is 12.1 Å². The normalized spacial score (nSPS) is 12.4. The SMILES string of the molecule is COC(=O)C(C)(C)C(C)(C)Nc1ccc2nnnn2n1. The second kappa shape index (κ2) is 4.69. The van der Waals surface area contributed by atoms with Crippen LogP contribution in [0.2, 0.25) is 0 Å². The second-order valence-electron chi connectivity index (χ2n) is 5.61. The van der Waals surface area contributed by atoms with E-state index in [1.54, 1.807) is 12.1 Å². The summed E-state index contributed by atoms with van der Waals surface area (Å²) in [6.45, 7) is 7.47. The molecule has 2 aromatic rings. The quantitative estimate of drug-likeness (QED) is 0.830. The lowest BCUT2D eigenvalue weighted by Gasteiger charge is -2.39. The predicted octanol–water partition coefficient (Wildman–Crippen LogP) is 0.909. The number of fused-ring (bicyclic) bond motifs is 1. The smallest absolute Gasteiger partial charge is 0.313 e. The van der Waals surface area contributed by atoms with Crippen molar-refractivity contribution in [1.82, 2.24) is 25.3 Å². The molecule has 20 heavy (non-hydrogen) atoms. The Morgan fingerprint density at radius 3 is 2.65 bits per heavy atom. The van der Waals surface area contributed by atoms with Crippen LogP contribution in [0.3, 0.4) is 0 Å².